The number of hydrogen-bond acceptors (Lipinski definition) is 3. The maximum absolute atomic E-state index is 12.1. The fourth-order valence-corrected chi connectivity index (χ4v) is 9.18. The van der Waals surface area contributed by atoms with E-state index in [1.54, 1.807) is 5.57 Å². The minimum Gasteiger partial charge on any atom is -0.462 e. The number of carbonyl (C=O) groups is 2. The fraction of sp³-hybridized carbons (Fsp3) is 0.871. The van der Waals surface area contributed by atoms with Gasteiger partial charge in [0.25, 0.3) is 0 Å². The van der Waals surface area contributed by atoms with E-state index < -0.39 is 0 Å². The fourth-order valence-electron chi connectivity index (χ4n) is 9.18. The number of fused-ring (bicyclic) bond motifs is 5. The largest absolute Gasteiger partial charge is 0.462 e. The van der Waals surface area contributed by atoms with E-state index in [2.05, 4.69) is 40.7 Å². The number of rotatable bonds is 8. The third-order valence-corrected chi connectivity index (χ3v) is 11.0. The van der Waals surface area contributed by atoms with Gasteiger partial charge in [-0.1, -0.05) is 65.5 Å². The number of ether oxygens (including phenoxy) is 1. The zero-order valence-corrected chi connectivity index (χ0v) is 22.8. The highest BCUT2D eigenvalue weighted by molar-refractivity contribution is 5.94. The number of ketones is 1. The van der Waals surface area contributed by atoms with Gasteiger partial charge in [-0.2, -0.15) is 0 Å². The number of esters is 1. The minimum absolute atomic E-state index is 0.0425. The molecule has 3 saturated carbocycles. The van der Waals surface area contributed by atoms with Crippen molar-refractivity contribution in [2.45, 2.75) is 125 Å². The topological polar surface area (TPSA) is 43.4 Å². The van der Waals surface area contributed by atoms with Crippen LogP contribution >= 0.6 is 0 Å². The molecule has 0 aromatic rings. The monoisotopic (exact) mass is 470 g/mol. The molecule has 0 heterocycles. The zero-order valence-electron chi connectivity index (χ0n) is 22.8. The molecule has 0 amide bonds. The summed E-state index contributed by atoms with van der Waals surface area (Å²) < 4.78 is 5.70. The predicted molar refractivity (Wildman–Crippen MR) is 138 cm³/mol. The first kappa shape index (κ1) is 26.0. The van der Waals surface area contributed by atoms with Gasteiger partial charge in [-0.05, 0) is 98.2 Å². The Labute approximate surface area is 208 Å². The molecule has 0 saturated heterocycles. The third-order valence-electron chi connectivity index (χ3n) is 11.0. The van der Waals surface area contributed by atoms with E-state index in [9.17, 15) is 9.59 Å². The van der Waals surface area contributed by atoms with Gasteiger partial charge >= 0.3 is 5.97 Å². The van der Waals surface area contributed by atoms with E-state index in [1.165, 1.54) is 58.3 Å². The van der Waals surface area contributed by atoms with Gasteiger partial charge in [0, 0.05) is 6.42 Å². The van der Waals surface area contributed by atoms with Crippen LogP contribution in [0.2, 0.25) is 0 Å². The third kappa shape index (κ3) is 4.92. The second-order valence-electron chi connectivity index (χ2n) is 13.5. The van der Waals surface area contributed by atoms with Gasteiger partial charge in [0.1, 0.15) is 18.3 Å². The lowest BCUT2D eigenvalue weighted by atomic mass is 9.47. The molecule has 1 unspecified atom stereocenters. The number of Topliss-reactive ketones (excluding diaryl/α,β-unsaturated/α-hetero) is 1. The molecule has 0 radical (unpaired) electrons. The highest BCUT2D eigenvalue weighted by Crippen LogP contribution is 2.67. The number of carbonyl (C=O) groups excluding carboxylic acids is 2. The van der Waals surface area contributed by atoms with Crippen LogP contribution in [0.1, 0.15) is 119 Å². The van der Waals surface area contributed by atoms with Gasteiger partial charge in [0.05, 0.1) is 0 Å². The molecular weight excluding hydrogens is 420 g/mol. The summed E-state index contributed by atoms with van der Waals surface area (Å²) in [5, 5.41) is 0. The molecule has 4 rings (SSSR count). The van der Waals surface area contributed by atoms with Crippen LogP contribution < -0.4 is 0 Å². The molecule has 8 atom stereocenters. The minimum atomic E-state index is -0.344. The molecule has 192 valence electrons. The van der Waals surface area contributed by atoms with Crippen molar-refractivity contribution < 1.29 is 14.3 Å². The first-order chi connectivity index (χ1) is 16.0. The van der Waals surface area contributed by atoms with Gasteiger partial charge < -0.3 is 4.74 Å². The lowest BCUT2D eigenvalue weighted by Crippen LogP contribution is -2.51. The Morgan fingerprint density at radius 1 is 1.03 bits per heavy atom. The summed E-state index contributed by atoms with van der Waals surface area (Å²) in [6.07, 6.45) is 16.4. The Morgan fingerprint density at radius 3 is 2.50 bits per heavy atom. The molecule has 0 aromatic carbocycles. The second-order valence-corrected chi connectivity index (χ2v) is 13.5. The van der Waals surface area contributed by atoms with E-state index in [-0.39, 0.29) is 29.7 Å². The summed E-state index contributed by atoms with van der Waals surface area (Å²) >= 11 is 0. The molecule has 4 aliphatic rings. The van der Waals surface area contributed by atoms with Gasteiger partial charge in [0.2, 0.25) is 0 Å². The molecule has 0 N–H and O–H groups in total. The van der Waals surface area contributed by atoms with Crippen molar-refractivity contribution in [3.63, 3.8) is 0 Å². The Hall–Kier alpha value is -1.12. The summed E-state index contributed by atoms with van der Waals surface area (Å²) in [5.41, 5.74) is 2.34. The molecule has 3 heteroatoms. The molecule has 0 spiro atoms. The SMILES string of the molecule is CC(=O)CC(=O)OC1CC[C@@]2(C)C(=CC[C@H]3[C@@H]4CC[C@H]([C@H](C)CCCC(C)C)[C@@]4(C)CC[C@@H]32)C1. The summed E-state index contributed by atoms with van der Waals surface area (Å²) in [6.45, 7) is 13.9. The Balaban J connectivity index is 1.43. The van der Waals surface area contributed by atoms with E-state index in [0.717, 1.165) is 54.8 Å². The van der Waals surface area contributed by atoms with Crippen molar-refractivity contribution in [2.24, 2.45) is 46.3 Å². The normalized spacial score (nSPS) is 40.1. The molecule has 3 nitrogen and oxygen atoms in total. The molecular formula is C31H50O3. The van der Waals surface area contributed by atoms with Crippen molar-refractivity contribution in [1.29, 1.82) is 0 Å². The molecule has 34 heavy (non-hydrogen) atoms. The average Bonchev–Trinajstić information content (AvgIpc) is 3.10. The van der Waals surface area contributed by atoms with Crippen LogP contribution in [-0.4, -0.2) is 17.9 Å². The summed E-state index contributed by atoms with van der Waals surface area (Å²) in [7, 11) is 0. The smallest absolute Gasteiger partial charge is 0.313 e. The molecule has 4 aliphatic carbocycles. The van der Waals surface area contributed by atoms with Gasteiger partial charge in [0.15, 0.2) is 0 Å². The van der Waals surface area contributed by atoms with Crippen LogP contribution in [0.15, 0.2) is 11.6 Å². The van der Waals surface area contributed by atoms with Crippen molar-refractivity contribution in [1.82, 2.24) is 0 Å². The van der Waals surface area contributed by atoms with Crippen molar-refractivity contribution in [3.8, 4) is 0 Å². The van der Waals surface area contributed by atoms with E-state index in [4.69, 9.17) is 4.74 Å². The van der Waals surface area contributed by atoms with Crippen molar-refractivity contribution in [2.75, 3.05) is 0 Å². The Morgan fingerprint density at radius 2 is 1.79 bits per heavy atom. The first-order valence-corrected chi connectivity index (χ1v) is 14.4. The van der Waals surface area contributed by atoms with Crippen LogP contribution in [0.3, 0.4) is 0 Å². The van der Waals surface area contributed by atoms with Crippen LogP contribution in [0.25, 0.3) is 0 Å². The van der Waals surface area contributed by atoms with E-state index in [1.807, 2.05) is 0 Å². The summed E-state index contributed by atoms with van der Waals surface area (Å²) in [5.74, 6) is 4.63. The predicted octanol–water partition coefficient (Wildman–Crippen LogP) is 7.92. The lowest BCUT2D eigenvalue weighted by molar-refractivity contribution is -0.153. The van der Waals surface area contributed by atoms with Crippen LogP contribution in [-0.2, 0) is 14.3 Å². The van der Waals surface area contributed by atoms with Gasteiger partial charge in [-0.3, -0.25) is 9.59 Å². The Kier molecular flexibility index (Phi) is 7.71. The molecule has 3 fully saturated rings. The zero-order chi connectivity index (χ0) is 24.7. The first-order valence-electron chi connectivity index (χ1n) is 14.4. The maximum atomic E-state index is 12.1. The Bertz CT molecular complexity index is 796. The van der Waals surface area contributed by atoms with Crippen molar-refractivity contribution >= 4 is 11.8 Å². The summed E-state index contributed by atoms with van der Waals surface area (Å²) in [6, 6.07) is 0. The molecule has 0 bridgehead atoms. The van der Waals surface area contributed by atoms with Gasteiger partial charge in [-0.15, -0.1) is 0 Å². The maximum Gasteiger partial charge on any atom is 0.313 e. The standard InChI is InChI=1S/C31H50O3/c1-20(2)8-7-9-21(3)26-12-13-27-25-11-10-23-19-24(34-29(33)18-22(4)32)14-16-30(23,5)28(25)15-17-31(26,27)6/h10,20-21,24-28H,7-9,11-19H2,1-6H3/t21-,24?,25+,26-,27+,28+,30+,31-/m1/s1. The lowest BCUT2D eigenvalue weighted by Gasteiger charge is -2.58. The summed E-state index contributed by atoms with van der Waals surface area (Å²) in [4.78, 5) is 23.4. The van der Waals surface area contributed by atoms with Crippen LogP contribution in [0.5, 0.6) is 0 Å². The van der Waals surface area contributed by atoms with Crippen LogP contribution in [0.4, 0.5) is 0 Å². The van der Waals surface area contributed by atoms with Crippen LogP contribution in [0, 0.1) is 46.3 Å². The number of allylic oxidation sites excluding steroid dienone is 1. The van der Waals surface area contributed by atoms with E-state index >= 15 is 0 Å². The highest BCUT2D eigenvalue weighted by Gasteiger charge is 2.59. The highest BCUT2D eigenvalue weighted by atomic mass is 16.5. The molecule has 0 aromatic heterocycles. The average molecular weight is 471 g/mol. The number of hydrogen-bond donors (Lipinski definition) is 0. The quantitative estimate of drug-likeness (QED) is 0.205. The van der Waals surface area contributed by atoms with Gasteiger partial charge in [-0.25, -0.2) is 0 Å². The molecule has 0 aliphatic heterocycles. The van der Waals surface area contributed by atoms with E-state index in [0.29, 0.717) is 5.41 Å². The van der Waals surface area contributed by atoms with Crippen molar-refractivity contribution in [3.05, 3.63) is 11.6 Å². The second kappa shape index (κ2) is 10.1.